The topological polar surface area (TPSA) is 134 Å². The lowest BCUT2D eigenvalue weighted by Gasteiger charge is -2.11. The smallest absolute Gasteiger partial charge is 0.322 e. The number of aromatic hydroxyl groups is 1. The Balaban J connectivity index is 2.09. The van der Waals surface area contributed by atoms with E-state index in [-0.39, 0.29) is 20.9 Å². The number of sulfone groups is 1. The van der Waals surface area contributed by atoms with Gasteiger partial charge in [-0.2, -0.15) is 0 Å². The largest absolute Gasteiger partial charge is 0.505 e. The highest BCUT2D eigenvalue weighted by Gasteiger charge is 2.22. The fraction of sp³-hybridized carbons (Fsp3) is 0.105. The minimum absolute atomic E-state index is 0.0265. The van der Waals surface area contributed by atoms with Crippen LogP contribution in [0, 0.1) is 6.92 Å². The van der Waals surface area contributed by atoms with Crippen LogP contribution in [0.25, 0.3) is 10.8 Å². The molecule has 0 fully saturated rings. The van der Waals surface area contributed by atoms with Gasteiger partial charge in [-0.15, -0.1) is 0 Å². The van der Waals surface area contributed by atoms with E-state index in [1.54, 1.807) is 25.1 Å². The molecule has 28 heavy (non-hydrogen) atoms. The average molecular weight is 400 g/mol. The van der Waals surface area contributed by atoms with Crippen LogP contribution >= 0.6 is 0 Å². The van der Waals surface area contributed by atoms with E-state index < -0.39 is 34.0 Å². The van der Waals surface area contributed by atoms with Gasteiger partial charge in [0.25, 0.3) is 5.91 Å². The highest BCUT2D eigenvalue weighted by Crippen LogP contribution is 2.32. The molecule has 1 amide bonds. The van der Waals surface area contributed by atoms with Crippen molar-refractivity contribution in [2.24, 2.45) is 0 Å². The van der Waals surface area contributed by atoms with Gasteiger partial charge in [-0.25, -0.2) is 13.4 Å². The third-order valence-electron chi connectivity index (χ3n) is 4.12. The van der Waals surface area contributed by atoms with Crippen molar-refractivity contribution in [3.63, 3.8) is 0 Å². The number of aliphatic carboxylic acids is 1. The van der Waals surface area contributed by atoms with Crippen molar-refractivity contribution in [2.75, 3.05) is 6.54 Å². The summed E-state index contributed by atoms with van der Waals surface area (Å²) in [5.41, 5.74) is -0.0108. The number of nitrogens with one attached hydrogen (secondary N) is 1. The molecule has 0 unspecified atom stereocenters. The van der Waals surface area contributed by atoms with E-state index in [4.69, 9.17) is 5.11 Å². The van der Waals surface area contributed by atoms with E-state index >= 15 is 0 Å². The van der Waals surface area contributed by atoms with E-state index in [1.165, 1.54) is 30.3 Å². The minimum Gasteiger partial charge on any atom is -0.505 e. The normalized spacial score (nSPS) is 11.3. The summed E-state index contributed by atoms with van der Waals surface area (Å²) in [6.45, 7) is 0.944. The van der Waals surface area contributed by atoms with Crippen LogP contribution < -0.4 is 5.32 Å². The summed E-state index contributed by atoms with van der Waals surface area (Å²) in [4.78, 5) is 26.9. The van der Waals surface area contributed by atoms with Crippen LogP contribution in [-0.2, 0) is 14.6 Å². The monoisotopic (exact) mass is 400 g/mol. The molecule has 9 heteroatoms. The molecule has 3 aromatic rings. The second-order valence-electron chi connectivity index (χ2n) is 5.99. The first kappa shape index (κ1) is 19.3. The Morgan fingerprint density at radius 2 is 1.71 bits per heavy atom. The molecule has 3 N–H and O–H groups in total. The number of carboxylic acid groups (broad SMARTS) is 1. The molecule has 0 aliphatic heterocycles. The number of benzene rings is 2. The van der Waals surface area contributed by atoms with Gasteiger partial charge in [-0.3, -0.25) is 9.59 Å². The average Bonchev–Trinajstić information content (AvgIpc) is 2.69. The molecule has 1 heterocycles. The SMILES string of the molecule is Cc1nc(C(=O)NCC(=O)O)c(O)c2ccc(S(=O)(=O)c3ccccc3)cc12. The number of carbonyl (C=O) groups excluding carboxylic acids is 1. The Morgan fingerprint density at radius 1 is 1.04 bits per heavy atom. The highest BCUT2D eigenvalue weighted by atomic mass is 32.2. The van der Waals surface area contributed by atoms with Gasteiger partial charge in [0.1, 0.15) is 6.54 Å². The standard InChI is InChI=1S/C19H16N2O6S/c1-11-15-9-13(28(26,27)12-5-3-2-4-6-12)7-8-14(15)18(24)17(21-11)19(25)20-10-16(22)23/h2-9,24H,10H2,1H3,(H,20,25)(H,22,23). The quantitative estimate of drug-likeness (QED) is 0.595. The van der Waals surface area contributed by atoms with Crippen LogP contribution in [0.5, 0.6) is 5.75 Å². The fourth-order valence-electron chi connectivity index (χ4n) is 2.74. The van der Waals surface area contributed by atoms with Crippen molar-refractivity contribution in [3.8, 4) is 5.75 Å². The number of amides is 1. The number of fused-ring (bicyclic) bond motifs is 1. The first-order valence-electron chi connectivity index (χ1n) is 8.15. The van der Waals surface area contributed by atoms with E-state index in [2.05, 4.69) is 10.3 Å². The molecule has 0 spiro atoms. The first-order valence-corrected chi connectivity index (χ1v) is 9.63. The summed E-state index contributed by atoms with van der Waals surface area (Å²) in [6, 6.07) is 12.0. The molecule has 0 saturated heterocycles. The molecule has 2 aromatic carbocycles. The van der Waals surface area contributed by atoms with Crippen LogP contribution in [0.4, 0.5) is 0 Å². The number of aryl methyl sites for hydroxylation is 1. The van der Waals surface area contributed by atoms with Gasteiger partial charge < -0.3 is 15.5 Å². The second-order valence-corrected chi connectivity index (χ2v) is 7.94. The summed E-state index contributed by atoms with van der Waals surface area (Å²) >= 11 is 0. The van der Waals surface area contributed by atoms with Crippen LogP contribution in [0.3, 0.4) is 0 Å². The van der Waals surface area contributed by atoms with Gasteiger partial charge >= 0.3 is 5.97 Å². The molecular weight excluding hydrogens is 384 g/mol. The summed E-state index contributed by atoms with van der Waals surface area (Å²) in [7, 11) is -3.76. The van der Waals surface area contributed by atoms with Crippen molar-refractivity contribution >= 4 is 32.5 Å². The van der Waals surface area contributed by atoms with E-state index in [9.17, 15) is 23.1 Å². The zero-order valence-corrected chi connectivity index (χ0v) is 15.5. The second kappa shape index (κ2) is 7.28. The number of hydrogen-bond donors (Lipinski definition) is 3. The summed E-state index contributed by atoms with van der Waals surface area (Å²) in [5.74, 6) is -2.53. The molecule has 144 valence electrons. The Labute approximate surface area is 160 Å². The van der Waals surface area contributed by atoms with Crippen molar-refractivity contribution in [2.45, 2.75) is 16.7 Å². The zero-order valence-electron chi connectivity index (χ0n) is 14.7. The summed E-state index contributed by atoms with van der Waals surface area (Å²) < 4.78 is 25.6. The number of rotatable bonds is 5. The predicted octanol–water partition coefficient (Wildman–Crippen LogP) is 1.90. The maximum absolute atomic E-state index is 12.8. The van der Waals surface area contributed by atoms with Gasteiger partial charge in [0.15, 0.2) is 11.4 Å². The first-order chi connectivity index (χ1) is 13.2. The lowest BCUT2D eigenvalue weighted by atomic mass is 10.1. The van der Waals surface area contributed by atoms with Gasteiger partial charge in [-0.1, -0.05) is 18.2 Å². The molecule has 0 bridgehead atoms. The van der Waals surface area contributed by atoms with Crippen LogP contribution in [0.1, 0.15) is 16.2 Å². The Morgan fingerprint density at radius 3 is 2.36 bits per heavy atom. The van der Waals surface area contributed by atoms with Gasteiger partial charge in [0.2, 0.25) is 9.84 Å². The van der Waals surface area contributed by atoms with E-state index in [0.29, 0.717) is 11.1 Å². The van der Waals surface area contributed by atoms with Crippen LogP contribution in [0.2, 0.25) is 0 Å². The number of hydrogen-bond acceptors (Lipinski definition) is 6. The highest BCUT2D eigenvalue weighted by molar-refractivity contribution is 7.91. The number of carboxylic acids is 1. The van der Waals surface area contributed by atoms with Crippen LogP contribution in [-0.4, -0.2) is 42.0 Å². The number of pyridine rings is 1. The van der Waals surface area contributed by atoms with Crippen molar-refractivity contribution in [1.29, 1.82) is 0 Å². The Bertz CT molecular complexity index is 1190. The van der Waals surface area contributed by atoms with Crippen molar-refractivity contribution in [1.82, 2.24) is 10.3 Å². The Kier molecular flexibility index (Phi) is 5.02. The van der Waals surface area contributed by atoms with Gasteiger partial charge in [0, 0.05) is 16.5 Å². The van der Waals surface area contributed by atoms with Crippen molar-refractivity contribution in [3.05, 3.63) is 59.9 Å². The maximum Gasteiger partial charge on any atom is 0.322 e. The van der Waals surface area contributed by atoms with E-state index in [0.717, 1.165) is 0 Å². The molecule has 0 atom stereocenters. The molecule has 0 radical (unpaired) electrons. The van der Waals surface area contributed by atoms with E-state index in [1.807, 2.05) is 0 Å². The third kappa shape index (κ3) is 3.52. The van der Waals surface area contributed by atoms with Crippen molar-refractivity contribution < 1.29 is 28.2 Å². The van der Waals surface area contributed by atoms with Gasteiger partial charge in [0.05, 0.1) is 9.79 Å². The molecule has 0 saturated carbocycles. The molecule has 8 nitrogen and oxygen atoms in total. The molecule has 0 aliphatic rings. The number of nitrogens with zero attached hydrogens (tertiary/aromatic N) is 1. The number of carbonyl (C=O) groups is 2. The molecule has 3 rings (SSSR count). The molecular formula is C19H16N2O6S. The third-order valence-corrected chi connectivity index (χ3v) is 5.89. The lowest BCUT2D eigenvalue weighted by Crippen LogP contribution is -2.30. The van der Waals surface area contributed by atoms with Gasteiger partial charge in [-0.05, 0) is 37.3 Å². The summed E-state index contributed by atoms with van der Waals surface area (Å²) in [5, 5.41) is 21.8. The molecule has 1 aromatic heterocycles. The lowest BCUT2D eigenvalue weighted by molar-refractivity contribution is -0.135. The zero-order chi connectivity index (χ0) is 20.5. The fourth-order valence-corrected chi connectivity index (χ4v) is 4.05. The van der Waals surface area contributed by atoms with Crippen LogP contribution in [0.15, 0.2) is 58.3 Å². The predicted molar refractivity (Wildman–Crippen MR) is 100 cm³/mol. The minimum atomic E-state index is -3.76. The maximum atomic E-state index is 12.8. The Hall–Kier alpha value is -3.46. The number of aromatic nitrogens is 1. The summed E-state index contributed by atoms with van der Waals surface area (Å²) in [6.07, 6.45) is 0. The molecule has 0 aliphatic carbocycles.